The van der Waals surface area contributed by atoms with Gasteiger partial charge in [0.15, 0.2) is 0 Å². The maximum atomic E-state index is 12.8. The minimum absolute atomic E-state index is 0.0836. The molecule has 1 aromatic heterocycles. The molecular weight excluding hydrogens is 448 g/mol. The molecule has 166 valence electrons. The molecule has 0 spiro atoms. The Labute approximate surface area is 192 Å². The fourth-order valence-corrected chi connectivity index (χ4v) is 3.77. The fraction of sp³-hybridized carbons (Fsp3) is 0.167. The number of nitrogens with zero attached hydrogens (tertiary/aromatic N) is 1. The third kappa shape index (κ3) is 5.75. The summed E-state index contributed by atoms with van der Waals surface area (Å²) in [5, 5.41) is 0.317. The zero-order chi connectivity index (χ0) is 23.3. The van der Waals surface area contributed by atoms with Gasteiger partial charge in [0.2, 0.25) is 15.8 Å². The number of hydrogen-bond donors (Lipinski definition) is 1. The number of aromatic nitrogens is 1. The van der Waals surface area contributed by atoms with Crippen LogP contribution in [0.1, 0.15) is 44.5 Å². The molecule has 6 nitrogen and oxygen atoms in total. The monoisotopic (exact) mass is 470 g/mol. The fourth-order valence-electron chi connectivity index (χ4n) is 3.06. The van der Waals surface area contributed by atoms with Gasteiger partial charge in [-0.3, -0.25) is 9.59 Å². The van der Waals surface area contributed by atoms with E-state index in [1.54, 1.807) is 59.3 Å². The summed E-state index contributed by atoms with van der Waals surface area (Å²) in [5.74, 6) is -1.04. The summed E-state index contributed by atoms with van der Waals surface area (Å²) in [4.78, 5) is 25.3. The van der Waals surface area contributed by atoms with Crippen molar-refractivity contribution < 1.29 is 18.0 Å². The van der Waals surface area contributed by atoms with Gasteiger partial charge in [0, 0.05) is 28.9 Å². The Morgan fingerprint density at radius 2 is 1.81 bits per heavy atom. The second-order valence-electron chi connectivity index (χ2n) is 7.21. The number of benzene rings is 2. The van der Waals surface area contributed by atoms with Crippen molar-refractivity contribution >= 4 is 39.4 Å². The number of aryl methyl sites for hydroxylation is 1. The lowest BCUT2D eigenvalue weighted by molar-refractivity contribution is 0.0980. The number of nitrogens with one attached hydrogen (secondary N) is 1. The SMILES string of the molecule is CCS(=O)(=O)NC(=O)c1cc(Cl)ccc1/C=C/Cn1cccc1C(=O)c1ccc(C)cc1. The molecule has 0 saturated heterocycles. The molecule has 0 saturated carbocycles. The van der Waals surface area contributed by atoms with Crippen LogP contribution < -0.4 is 4.72 Å². The number of ketones is 1. The number of allylic oxidation sites excluding steroid dienone is 1. The molecule has 0 aliphatic rings. The highest BCUT2D eigenvalue weighted by molar-refractivity contribution is 7.90. The molecule has 0 aliphatic carbocycles. The molecule has 2 aromatic carbocycles. The Hall–Kier alpha value is -3.16. The van der Waals surface area contributed by atoms with Crippen molar-refractivity contribution in [2.24, 2.45) is 0 Å². The van der Waals surface area contributed by atoms with Crippen LogP contribution in [0.3, 0.4) is 0 Å². The molecule has 0 bridgehead atoms. The second kappa shape index (κ2) is 9.97. The molecule has 0 fully saturated rings. The van der Waals surface area contributed by atoms with Gasteiger partial charge < -0.3 is 4.57 Å². The molecule has 1 amide bonds. The van der Waals surface area contributed by atoms with Gasteiger partial charge in [-0.1, -0.05) is 59.6 Å². The molecule has 0 unspecified atom stereocenters. The first-order valence-corrected chi connectivity index (χ1v) is 12.0. The van der Waals surface area contributed by atoms with Crippen molar-refractivity contribution in [3.8, 4) is 0 Å². The van der Waals surface area contributed by atoms with Crippen molar-refractivity contribution in [2.45, 2.75) is 20.4 Å². The average molecular weight is 471 g/mol. The first-order valence-electron chi connectivity index (χ1n) is 9.97. The van der Waals surface area contributed by atoms with E-state index in [1.165, 1.54) is 13.0 Å². The van der Waals surface area contributed by atoms with E-state index in [1.807, 2.05) is 23.8 Å². The molecule has 1 heterocycles. The number of sulfonamides is 1. The predicted octanol–water partition coefficient (Wildman–Crippen LogP) is 4.47. The number of rotatable bonds is 8. The van der Waals surface area contributed by atoms with E-state index in [9.17, 15) is 18.0 Å². The molecule has 1 N–H and O–H groups in total. The van der Waals surface area contributed by atoms with Gasteiger partial charge in [0.05, 0.1) is 11.4 Å². The molecule has 3 aromatic rings. The van der Waals surface area contributed by atoms with Crippen LogP contribution in [0.15, 0.2) is 66.9 Å². The Morgan fingerprint density at radius 1 is 1.09 bits per heavy atom. The largest absolute Gasteiger partial charge is 0.341 e. The number of carbonyl (C=O) groups excluding carboxylic acids is 2. The summed E-state index contributed by atoms with van der Waals surface area (Å²) in [5.41, 5.74) is 2.88. The van der Waals surface area contributed by atoms with Crippen molar-refractivity contribution in [1.82, 2.24) is 9.29 Å². The Kier molecular flexibility index (Phi) is 7.33. The highest BCUT2D eigenvalue weighted by Crippen LogP contribution is 2.19. The van der Waals surface area contributed by atoms with Gasteiger partial charge in [0.25, 0.3) is 5.91 Å². The van der Waals surface area contributed by atoms with Crippen molar-refractivity contribution in [1.29, 1.82) is 0 Å². The van der Waals surface area contributed by atoms with E-state index in [2.05, 4.69) is 0 Å². The second-order valence-corrected chi connectivity index (χ2v) is 9.66. The summed E-state index contributed by atoms with van der Waals surface area (Å²) >= 11 is 6.01. The maximum absolute atomic E-state index is 12.8. The van der Waals surface area contributed by atoms with Crippen molar-refractivity contribution in [3.05, 3.63) is 99.8 Å². The Balaban J connectivity index is 1.81. The van der Waals surface area contributed by atoms with Gasteiger partial charge in [-0.2, -0.15) is 0 Å². The predicted molar refractivity (Wildman–Crippen MR) is 126 cm³/mol. The number of hydrogen-bond acceptors (Lipinski definition) is 4. The lowest BCUT2D eigenvalue weighted by Gasteiger charge is -2.09. The lowest BCUT2D eigenvalue weighted by atomic mass is 10.1. The average Bonchev–Trinajstić information content (AvgIpc) is 3.23. The minimum Gasteiger partial charge on any atom is -0.341 e. The standard InChI is InChI=1S/C24H23ClN2O4S/c1-3-32(30,31)26-24(29)21-16-20(25)13-12-18(21)6-4-14-27-15-5-7-22(27)23(28)19-10-8-17(2)9-11-19/h4-13,15-16H,3,14H2,1-2H3,(H,26,29)/b6-4+. The normalized spacial score (nSPS) is 11.6. The third-order valence-electron chi connectivity index (χ3n) is 4.86. The quantitative estimate of drug-likeness (QED) is 0.492. The van der Waals surface area contributed by atoms with E-state index in [0.29, 0.717) is 28.4 Å². The topological polar surface area (TPSA) is 85.2 Å². The third-order valence-corrected chi connectivity index (χ3v) is 6.36. The van der Waals surface area contributed by atoms with Crippen LogP contribution in [0.4, 0.5) is 0 Å². The van der Waals surface area contributed by atoms with Gasteiger partial charge in [-0.15, -0.1) is 0 Å². The molecule has 0 radical (unpaired) electrons. The van der Waals surface area contributed by atoms with Gasteiger partial charge in [-0.05, 0) is 43.7 Å². The molecule has 8 heteroatoms. The number of halogens is 1. The Morgan fingerprint density at radius 3 is 2.50 bits per heavy atom. The van der Waals surface area contributed by atoms with E-state index >= 15 is 0 Å². The van der Waals surface area contributed by atoms with Crippen LogP contribution in [-0.2, 0) is 16.6 Å². The van der Waals surface area contributed by atoms with E-state index in [0.717, 1.165) is 5.56 Å². The van der Waals surface area contributed by atoms with Crippen LogP contribution in [0.5, 0.6) is 0 Å². The molecule has 0 atom stereocenters. The minimum atomic E-state index is -3.71. The molecule has 32 heavy (non-hydrogen) atoms. The smallest absolute Gasteiger partial charge is 0.265 e. The van der Waals surface area contributed by atoms with Crippen LogP contribution in [0.2, 0.25) is 5.02 Å². The summed E-state index contributed by atoms with van der Waals surface area (Å²) in [6, 6.07) is 15.6. The molecule has 0 aliphatic heterocycles. The molecule has 3 rings (SSSR count). The van der Waals surface area contributed by atoms with Gasteiger partial charge in [0.1, 0.15) is 0 Å². The zero-order valence-electron chi connectivity index (χ0n) is 17.7. The highest BCUT2D eigenvalue weighted by atomic mass is 35.5. The van der Waals surface area contributed by atoms with Crippen molar-refractivity contribution in [2.75, 3.05) is 5.75 Å². The maximum Gasteiger partial charge on any atom is 0.265 e. The van der Waals surface area contributed by atoms with Crippen LogP contribution >= 0.6 is 11.6 Å². The lowest BCUT2D eigenvalue weighted by Crippen LogP contribution is -2.32. The summed E-state index contributed by atoms with van der Waals surface area (Å²) < 4.78 is 27.4. The first-order chi connectivity index (χ1) is 15.2. The van der Waals surface area contributed by atoms with E-state index < -0.39 is 15.9 Å². The molecular formula is C24H23ClN2O4S. The summed E-state index contributed by atoms with van der Waals surface area (Å²) in [7, 11) is -3.71. The number of amides is 1. The van der Waals surface area contributed by atoms with Crippen LogP contribution in [0.25, 0.3) is 6.08 Å². The van der Waals surface area contributed by atoms with Gasteiger partial charge >= 0.3 is 0 Å². The van der Waals surface area contributed by atoms with Crippen molar-refractivity contribution in [3.63, 3.8) is 0 Å². The number of carbonyl (C=O) groups is 2. The first kappa shape index (κ1) is 23.5. The summed E-state index contributed by atoms with van der Waals surface area (Å²) in [6.07, 6.45) is 5.29. The van der Waals surface area contributed by atoms with Crippen LogP contribution in [0, 0.1) is 6.92 Å². The van der Waals surface area contributed by atoms with E-state index in [-0.39, 0.29) is 17.1 Å². The summed E-state index contributed by atoms with van der Waals surface area (Å²) in [6.45, 7) is 3.79. The highest BCUT2D eigenvalue weighted by Gasteiger charge is 2.17. The zero-order valence-corrected chi connectivity index (χ0v) is 19.3. The van der Waals surface area contributed by atoms with Gasteiger partial charge in [-0.25, -0.2) is 13.1 Å². The van der Waals surface area contributed by atoms with Crippen LogP contribution in [-0.4, -0.2) is 30.4 Å². The van der Waals surface area contributed by atoms with E-state index in [4.69, 9.17) is 11.6 Å². The Bertz CT molecular complexity index is 1280.